The summed E-state index contributed by atoms with van der Waals surface area (Å²) in [5, 5.41) is 5.76. The van der Waals surface area contributed by atoms with Gasteiger partial charge in [-0.25, -0.2) is 0 Å². The molecule has 0 spiro atoms. The van der Waals surface area contributed by atoms with Crippen LogP contribution >= 0.6 is 11.3 Å². The standard InChI is InChI=1S/C15H25NOS/c1-13(15-6-4-12-18-15)16-9-3-2-5-14-7-10-17-11-8-14/h4,6,12-14,16H,2-3,5,7-11H2,1H3. The van der Waals surface area contributed by atoms with Crippen molar-refractivity contribution in [1.29, 1.82) is 0 Å². The Bertz CT molecular complexity index is 306. The number of thiophene rings is 1. The number of unbranched alkanes of at least 4 members (excludes halogenated alkanes) is 1. The van der Waals surface area contributed by atoms with E-state index in [1.54, 1.807) is 0 Å². The van der Waals surface area contributed by atoms with Gasteiger partial charge in [-0.2, -0.15) is 0 Å². The molecule has 3 heteroatoms. The fourth-order valence-electron chi connectivity index (χ4n) is 2.55. The fourth-order valence-corrected chi connectivity index (χ4v) is 3.31. The number of nitrogens with one attached hydrogen (secondary N) is 1. The SMILES string of the molecule is CC(NCCCCC1CCOCC1)c1cccs1. The van der Waals surface area contributed by atoms with Crippen LogP contribution in [0, 0.1) is 5.92 Å². The molecule has 1 fully saturated rings. The smallest absolute Gasteiger partial charge is 0.0468 e. The highest BCUT2D eigenvalue weighted by molar-refractivity contribution is 7.10. The number of rotatable bonds is 7. The minimum absolute atomic E-state index is 0.507. The molecule has 0 amide bonds. The molecular formula is C15H25NOS. The van der Waals surface area contributed by atoms with Crippen molar-refractivity contribution in [1.82, 2.24) is 5.32 Å². The van der Waals surface area contributed by atoms with E-state index in [1.165, 1.54) is 37.0 Å². The summed E-state index contributed by atoms with van der Waals surface area (Å²) >= 11 is 1.84. The van der Waals surface area contributed by atoms with Crippen molar-refractivity contribution in [3.8, 4) is 0 Å². The Balaban J connectivity index is 1.50. The molecule has 2 rings (SSSR count). The summed E-state index contributed by atoms with van der Waals surface area (Å²) in [5.41, 5.74) is 0. The zero-order valence-electron chi connectivity index (χ0n) is 11.4. The molecule has 2 heterocycles. The van der Waals surface area contributed by atoms with Crippen LogP contribution in [0.25, 0.3) is 0 Å². The first-order valence-electron chi connectivity index (χ1n) is 7.21. The summed E-state index contributed by atoms with van der Waals surface area (Å²) in [7, 11) is 0. The zero-order valence-corrected chi connectivity index (χ0v) is 12.2. The van der Waals surface area contributed by atoms with Crippen LogP contribution in [0.1, 0.15) is 49.9 Å². The molecule has 1 unspecified atom stereocenters. The Kier molecular flexibility index (Phi) is 6.18. The van der Waals surface area contributed by atoms with E-state index in [9.17, 15) is 0 Å². The Morgan fingerprint density at radius 3 is 2.94 bits per heavy atom. The molecule has 102 valence electrons. The van der Waals surface area contributed by atoms with E-state index in [-0.39, 0.29) is 0 Å². The van der Waals surface area contributed by atoms with Crippen LogP contribution in [0.15, 0.2) is 17.5 Å². The van der Waals surface area contributed by atoms with Crippen LogP contribution < -0.4 is 5.32 Å². The molecule has 1 aliphatic rings. The maximum absolute atomic E-state index is 5.39. The quantitative estimate of drug-likeness (QED) is 0.754. The Morgan fingerprint density at radius 1 is 1.39 bits per heavy atom. The van der Waals surface area contributed by atoms with Crippen LogP contribution in [0.3, 0.4) is 0 Å². The van der Waals surface area contributed by atoms with Gasteiger partial charge in [0.25, 0.3) is 0 Å². The second-order valence-electron chi connectivity index (χ2n) is 5.24. The number of ether oxygens (including phenoxy) is 1. The van der Waals surface area contributed by atoms with Gasteiger partial charge in [-0.3, -0.25) is 0 Å². The Labute approximate surface area is 115 Å². The third-order valence-electron chi connectivity index (χ3n) is 3.80. The molecule has 0 aromatic carbocycles. The van der Waals surface area contributed by atoms with Crippen molar-refractivity contribution in [3.05, 3.63) is 22.4 Å². The van der Waals surface area contributed by atoms with Gasteiger partial charge in [0.05, 0.1) is 0 Å². The number of hydrogen-bond acceptors (Lipinski definition) is 3. The highest BCUT2D eigenvalue weighted by Crippen LogP contribution is 2.21. The summed E-state index contributed by atoms with van der Waals surface area (Å²) in [6.07, 6.45) is 6.60. The van der Waals surface area contributed by atoms with Gasteiger partial charge in [-0.1, -0.05) is 18.9 Å². The van der Waals surface area contributed by atoms with Gasteiger partial charge in [0.2, 0.25) is 0 Å². The average Bonchev–Trinajstić information content (AvgIpc) is 2.93. The largest absolute Gasteiger partial charge is 0.381 e. The maximum Gasteiger partial charge on any atom is 0.0468 e. The van der Waals surface area contributed by atoms with Gasteiger partial charge in [0.15, 0.2) is 0 Å². The van der Waals surface area contributed by atoms with Gasteiger partial charge >= 0.3 is 0 Å². The Morgan fingerprint density at radius 2 is 2.22 bits per heavy atom. The van der Waals surface area contributed by atoms with Crippen molar-refractivity contribution in [2.24, 2.45) is 5.92 Å². The lowest BCUT2D eigenvalue weighted by Gasteiger charge is -2.21. The first-order valence-corrected chi connectivity index (χ1v) is 8.09. The summed E-state index contributed by atoms with van der Waals surface area (Å²) in [4.78, 5) is 1.44. The third kappa shape index (κ3) is 4.71. The molecule has 1 saturated heterocycles. The van der Waals surface area contributed by atoms with Crippen LogP contribution in [0.2, 0.25) is 0 Å². The summed E-state index contributed by atoms with van der Waals surface area (Å²) in [6, 6.07) is 4.85. The second kappa shape index (κ2) is 7.93. The van der Waals surface area contributed by atoms with Crippen LogP contribution in [-0.4, -0.2) is 19.8 Å². The average molecular weight is 267 g/mol. The number of hydrogen-bond donors (Lipinski definition) is 1. The maximum atomic E-state index is 5.39. The highest BCUT2D eigenvalue weighted by Gasteiger charge is 2.13. The van der Waals surface area contributed by atoms with Crippen molar-refractivity contribution in [2.75, 3.05) is 19.8 Å². The predicted molar refractivity (Wildman–Crippen MR) is 78.1 cm³/mol. The van der Waals surface area contributed by atoms with Crippen molar-refractivity contribution >= 4 is 11.3 Å². The summed E-state index contributed by atoms with van der Waals surface area (Å²) < 4.78 is 5.39. The van der Waals surface area contributed by atoms with Crippen LogP contribution in [-0.2, 0) is 4.74 Å². The first-order chi connectivity index (χ1) is 8.86. The van der Waals surface area contributed by atoms with Gasteiger partial charge in [-0.15, -0.1) is 11.3 Å². The molecule has 0 radical (unpaired) electrons. The normalized spacial score (nSPS) is 18.9. The molecule has 1 aliphatic heterocycles. The topological polar surface area (TPSA) is 21.3 Å². The lowest BCUT2D eigenvalue weighted by Crippen LogP contribution is -2.20. The van der Waals surface area contributed by atoms with Gasteiger partial charge < -0.3 is 10.1 Å². The predicted octanol–water partition coefficient (Wildman–Crippen LogP) is 4.00. The van der Waals surface area contributed by atoms with Crippen molar-refractivity contribution < 1.29 is 4.74 Å². The molecule has 18 heavy (non-hydrogen) atoms. The van der Waals surface area contributed by atoms with E-state index in [0.29, 0.717) is 6.04 Å². The van der Waals surface area contributed by atoms with E-state index >= 15 is 0 Å². The molecule has 0 saturated carbocycles. The van der Waals surface area contributed by atoms with Gasteiger partial charge in [-0.05, 0) is 50.1 Å². The van der Waals surface area contributed by atoms with E-state index in [1.807, 2.05) is 11.3 Å². The van der Waals surface area contributed by atoms with Gasteiger partial charge in [0, 0.05) is 24.1 Å². The summed E-state index contributed by atoms with van der Waals surface area (Å²) in [5.74, 6) is 0.925. The van der Waals surface area contributed by atoms with E-state index in [4.69, 9.17) is 4.74 Å². The van der Waals surface area contributed by atoms with E-state index in [2.05, 4.69) is 29.8 Å². The third-order valence-corrected chi connectivity index (χ3v) is 4.86. The second-order valence-corrected chi connectivity index (χ2v) is 6.22. The molecule has 0 aliphatic carbocycles. The van der Waals surface area contributed by atoms with Gasteiger partial charge in [0.1, 0.15) is 0 Å². The minimum atomic E-state index is 0.507. The Hall–Kier alpha value is -0.380. The minimum Gasteiger partial charge on any atom is -0.381 e. The molecule has 1 atom stereocenters. The lowest BCUT2D eigenvalue weighted by atomic mass is 9.94. The fraction of sp³-hybridized carbons (Fsp3) is 0.733. The first kappa shape index (κ1) is 14.0. The molecule has 1 aromatic rings. The highest BCUT2D eigenvalue weighted by atomic mass is 32.1. The van der Waals surface area contributed by atoms with E-state index < -0.39 is 0 Å². The van der Waals surface area contributed by atoms with Crippen molar-refractivity contribution in [2.45, 2.75) is 45.1 Å². The zero-order chi connectivity index (χ0) is 12.6. The van der Waals surface area contributed by atoms with Crippen LogP contribution in [0.4, 0.5) is 0 Å². The molecular weight excluding hydrogens is 242 g/mol. The van der Waals surface area contributed by atoms with Crippen molar-refractivity contribution in [3.63, 3.8) is 0 Å². The lowest BCUT2D eigenvalue weighted by molar-refractivity contribution is 0.0631. The summed E-state index contributed by atoms with van der Waals surface area (Å²) in [6.45, 7) is 5.36. The molecule has 2 nitrogen and oxygen atoms in total. The van der Waals surface area contributed by atoms with Crippen LogP contribution in [0.5, 0.6) is 0 Å². The molecule has 0 bridgehead atoms. The monoisotopic (exact) mass is 267 g/mol. The molecule has 1 N–H and O–H groups in total. The van der Waals surface area contributed by atoms with E-state index in [0.717, 1.165) is 25.7 Å². The molecule has 1 aromatic heterocycles.